The van der Waals surface area contributed by atoms with Gasteiger partial charge in [0.2, 0.25) is 5.91 Å². The van der Waals surface area contributed by atoms with Crippen LogP contribution in [0.2, 0.25) is 0 Å². The molecule has 0 unspecified atom stereocenters. The molecule has 0 radical (unpaired) electrons. The lowest BCUT2D eigenvalue weighted by molar-refractivity contribution is -0.116. The monoisotopic (exact) mass is 244 g/mol. The number of amides is 1. The summed E-state index contributed by atoms with van der Waals surface area (Å²) in [5, 5.41) is 2.73. The van der Waals surface area contributed by atoms with Crippen LogP contribution in [-0.4, -0.2) is 10.9 Å². The lowest BCUT2D eigenvalue weighted by Gasteiger charge is -2.04. The van der Waals surface area contributed by atoms with Gasteiger partial charge in [0.1, 0.15) is 5.82 Å². The van der Waals surface area contributed by atoms with E-state index < -0.39 is 0 Å². The summed E-state index contributed by atoms with van der Waals surface area (Å²) in [4.78, 5) is 15.5. The summed E-state index contributed by atoms with van der Waals surface area (Å²) in [6, 6.07) is 9.80. The minimum Gasteiger partial charge on any atom is -0.325 e. The van der Waals surface area contributed by atoms with Crippen molar-refractivity contribution in [3.63, 3.8) is 0 Å². The fraction of sp³-hybridized carbons (Fsp3) is 0.143. The van der Waals surface area contributed by atoms with Crippen LogP contribution in [0.4, 0.5) is 10.1 Å². The van der Waals surface area contributed by atoms with Gasteiger partial charge in [-0.3, -0.25) is 9.78 Å². The number of halogens is 1. The standard InChI is InChI=1S/C14H13FN2O/c15-12-4-1-3-11(9-12)6-7-14(18)17-13-5-2-8-16-10-13/h1-5,8-10H,6-7H2,(H,17,18). The maximum Gasteiger partial charge on any atom is 0.224 e. The van der Waals surface area contributed by atoms with Gasteiger partial charge in [0.05, 0.1) is 11.9 Å². The summed E-state index contributed by atoms with van der Waals surface area (Å²) in [6.07, 6.45) is 4.06. The van der Waals surface area contributed by atoms with Crippen LogP contribution < -0.4 is 5.32 Å². The van der Waals surface area contributed by atoms with E-state index in [1.807, 2.05) is 0 Å². The van der Waals surface area contributed by atoms with E-state index in [1.165, 1.54) is 12.1 Å². The first kappa shape index (κ1) is 12.2. The molecule has 1 amide bonds. The molecule has 0 saturated heterocycles. The number of hydrogen-bond donors (Lipinski definition) is 1. The van der Waals surface area contributed by atoms with E-state index in [0.29, 0.717) is 18.5 Å². The highest BCUT2D eigenvalue weighted by atomic mass is 19.1. The van der Waals surface area contributed by atoms with E-state index in [1.54, 1.807) is 36.7 Å². The Morgan fingerprint density at radius 2 is 2.17 bits per heavy atom. The molecule has 1 aromatic heterocycles. The van der Waals surface area contributed by atoms with E-state index >= 15 is 0 Å². The van der Waals surface area contributed by atoms with Crippen LogP contribution in [0.15, 0.2) is 48.8 Å². The maximum absolute atomic E-state index is 12.9. The number of benzene rings is 1. The van der Waals surface area contributed by atoms with Crippen LogP contribution in [0.3, 0.4) is 0 Å². The molecule has 0 saturated carbocycles. The van der Waals surface area contributed by atoms with Gasteiger partial charge in [0.25, 0.3) is 0 Å². The smallest absolute Gasteiger partial charge is 0.224 e. The fourth-order valence-corrected chi connectivity index (χ4v) is 1.61. The number of carbonyl (C=O) groups is 1. The molecule has 92 valence electrons. The van der Waals surface area contributed by atoms with Crippen molar-refractivity contribution in [3.8, 4) is 0 Å². The number of pyridine rings is 1. The van der Waals surface area contributed by atoms with Crippen molar-refractivity contribution < 1.29 is 9.18 Å². The van der Waals surface area contributed by atoms with Gasteiger partial charge in [-0.1, -0.05) is 12.1 Å². The Morgan fingerprint density at radius 1 is 1.28 bits per heavy atom. The number of nitrogens with one attached hydrogen (secondary N) is 1. The Balaban J connectivity index is 1.85. The van der Waals surface area contributed by atoms with Crippen molar-refractivity contribution in [1.29, 1.82) is 0 Å². The second kappa shape index (κ2) is 5.91. The second-order valence-corrected chi connectivity index (χ2v) is 3.92. The Hall–Kier alpha value is -2.23. The zero-order valence-corrected chi connectivity index (χ0v) is 9.77. The number of anilines is 1. The van der Waals surface area contributed by atoms with Crippen LogP contribution in [-0.2, 0) is 11.2 Å². The van der Waals surface area contributed by atoms with Crippen LogP contribution in [0.1, 0.15) is 12.0 Å². The Labute approximate surface area is 105 Å². The number of hydrogen-bond acceptors (Lipinski definition) is 2. The molecule has 4 heteroatoms. The summed E-state index contributed by atoms with van der Waals surface area (Å²) in [5.41, 5.74) is 1.48. The van der Waals surface area contributed by atoms with E-state index in [-0.39, 0.29) is 11.7 Å². The van der Waals surface area contributed by atoms with Crippen LogP contribution >= 0.6 is 0 Å². The molecule has 3 nitrogen and oxygen atoms in total. The third-order valence-electron chi connectivity index (χ3n) is 2.48. The molecule has 0 aliphatic carbocycles. The molecule has 0 fully saturated rings. The van der Waals surface area contributed by atoms with Gasteiger partial charge in [0, 0.05) is 12.6 Å². The van der Waals surface area contributed by atoms with E-state index in [9.17, 15) is 9.18 Å². The number of aryl methyl sites for hydroxylation is 1. The summed E-state index contributed by atoms with van der Waals surface area (Å²) < 4.78 is 12.9. The van der Waals surface area contributed by atoms with E-state index in [0.717, 1.165) is 5.56 Å². The zero-order valence-electron chi connectivity index (χ0n) is 9.77. The Bertz CT molecular complexity index is 528. The van der Waals surface area contributed by atoms with Crippen molar-refractivity contribution in [1.82, 2.24) is 4.98 Å². The average molecular weight is 244 g/mol. The molecule has 0 bridgehead atoms. The summed E-state index contributed by atoms with van der Waals surface area (Å²) in [5.74, 6) is -0.382. The highest BCUT2D eigenvalue weighted by Gasteiger charge is 2.03. The normalized spacial score (nSPS) is 10.1. The molecule has 18 heavy (non-hydrogen) atoms. The Kier molecular flexibility index (Phi) is 4.02. The van der Waals surface area contributed by atoms with Crippen molar-refractivity contribution in [3.05, 3.63) is 60.2 Å². The molecule has 2 aromatic rings. The summed E-state index contributed by atoms with van der Waals surface area (Å²) in [7, 11) is 0. The average Bonchev–Trinajstić information content (AvgIpc) is 2.38. The van der Waals surface area contributed by atoms with Crippen molar-refractivity contribution in [2.24, 2.45) is 0 Å². The number of carbonyl (C=O) groups excluding carboxylic acids is 1. The van der Waals surface area contributed by atoms with Crippen LogP contribution in [0, 0.1) is 5.82 Å². The third-order valence-corrected chi connectivity index (χ3v) is 2.48. The number of nitrogens with zero attached hydrogens (tertiary/aromatic N) is 1. The second-order valence-electron chi connectivity index (χ2n) is 3.92. The predicted octanol–water partition coefficient (Wildman–Crippen LogP) is 2.79. The van der Waals surface area contributed by atoms with Crippen LogP contribution in [0.5, 0.6) is 0 Å². The highest BCUT2D eigenvalue weighted by molar-refractivity contribution is 5.90. The lowest BCUT2D eigenvalue weighted by Crippen LogP contribution is -2.12. The maximum atomic E-state index is 12.9. The highest BCUT2D eigenvalue weighted by Crippen LogP contribution is 2.08. The largest absolute Gasteiger partial charge is 0.325 e. The van der Waals surface area contributed by atoms with Gasteiger partial charge in [-0.15, -0.1) is 0 Å². The molecule has 1 heterocycles. The molecule has 0 aliphatic rings. The third kappa shape index (κ3) is 3.66. The van der Waals surface area contributed by atoms with Crippen molar-refractivity contribution in [2.75, 3.05) is 5.32 Å². The van der Waals surface area contributed by atoms with Gasteiger partial charge in [-0.2, -0.15) is 0 Å². The summed E-state index contributed by atoms with van der Waals surface area (Å²) in [6.45, 7) is 0. The quantitative estimate of drug-likeness (QED) is 0.898. The molecular formula is C14H13FN2O. The molecular weight excluding hydrogens is 231 g/mol. The predicted molar refractivity (Wildman–Crippen MR) is 67.6 cm³/mol. The first-order valence-electron chi connectivity index (χ1n) is 5.68. The van der Waals surface area contributed by atoms with Gasteiger partial charge < -0.3 is 5.32 Å². The van der Waals surface area contributed by atoms with E-state index in [2.05, 4.69) is 10.3 Å². The SMILES string of the molecule is O=C(CCc1cccc(F)c1)Nc1cccnc1. The lowest BCUT2D eigenvalue weighted by atomic mass is 10.1. The molecule has 1 aromatic carbocycles. The number of aromatic nitrogens is 1. The molecule has 0 aliphatic heterocycles. The first-order chi connectivity index (χ1) is 8.74. The van der Waals surface area contributed by atoms with Gasteiger partial charge in [-0.25, -0.2) is 4.39 Å². The van der Waals surface area contributed by atoms with Gasteiger partial charge in [0.15, 0.2) is 0 Å². The molecule has 0 atom stereocenters. The van der Waals surface area contributed by atoms with Crippen molar-refractivity contribution >= 4 is 11.6 Å². The van der Waals surface area contributed by atoms with Crippen molar-refractivity contribution in [2.45, 2.75) is 12.8 Å². The molecule has 0 spiro atoms. The summed E-state index contributed by atoms with van der Waals surface area (Å²) >= 11 is 0. The minimum absolute atomic E-state index is 0.104. The van der Waals surface area contributed by atoms with Gasteiger partial charge in [-0.05, 0) is 36.2 Å². The fourth-order valence-electron chi connectivity index (χ4n) is 1.61. The van der Waals surface area contributed by atoms with Gasteiger partial charge >= 0.3 is 0 Å². The zero-order chi connectivity index (χ0) is 12.8. The topological polar surface area (TPSA) is 42.0 Å². The first-order valence-corrected chi connectivity index (χ1v) is 5.68. The Morgan fingerprint density at radius 3 is 2.89 bits per heavy atom. The molecule has 2 rings (SSSR count). The molecule has 1 N–H and O–H groups in total. The minimum atomic E-state index is -0.278. The van der Waals surface area contributed by atoms with Crippen LogP contribution in [0.25, 0.3) is 0 Å². The number of rotatable bonds is 4. The van der Waals surface area contributed by atoms with E-state index in [4.69, 9.17) is 0 Å².